The van der Waals surface area contributed by atoms with E-state index in [1.54, 1.807) is 6.07 Å². The fraction of sp³-hybridized carbons (Fsp3) is 0.273. The van der Waals surface area contributed by atoms with Crippen LogP contribution in [0.2, 0.25) is 10.0 Å². The summed E-state index contributed by atoms with van der Waals surface area (Å²) in [5, 5.41) is 0.492. The van der Waals surface area contributed by atoms with E-state index >= 15 is 0 Å². The minimum Gasteiger partial charge on any atom is -0.457 e. The van der Waals surface area contributed by atoms with Crippen LogP contribution in [0.15, 0.2) is 44.4 Å². The zero-order chi connectivity index (χ0) is 23.2. The van der Waals surface area contributed by atoms with Crippen LogP contribution in [-0.4, -0.2) is 20.4 Å². The van der Waals surface area contributed by atoms with E-state index < -0.39 is 21.6 Å². The Kier molecular flexibility index (Phi) is 6.06. The van der Waals surface area contributed by atoms with Gasteiger partial charge in [-0.3, -0.25) is 0 Å². The number of hydrogen-bond donors (Lipinski definition) is 1. The van der Waals surface area contributed by atoms with E-state index in [2.05, 4.69) is 4.72 Å². The lowest BCUT2D eigenvalue weighted by Crippen LogP contribution is -2.26. The summed E-state index contributed by atoms with van der Waals surface area (Å²) < 4.78 is 38.3. The zero-order valence-corrected chi connectivity index (χ0v) is 19.5. The summed E-state index contributed by atoms with van der Waals surface area (Å²) in [5.74, 6) is -0.847. The van der Waals surface area contributed by atoms with E-state index in [1.165, 1.54) is 12.1 Å². The molecule has 0 unspecified atom stereocenters. The topological polar surface area (TPSA) is 103 Å². The van der Waals surface area contributed by atoms with Crippen LogP contribution in [-0.2, 0) is 21.4 Å². The number of carbonyl (C=O) groups excluding carboxylic acids is 1. The van der Waals surface area contributed by atoms with Crippen molar-refractivity contribution in [2.75, 3.05) is 0 Å². The predicted molar refractivity (Wildman–Crippen MR) is 121 cm³/mol. The van der Waals surface area contributed by atoms with Gasteiger partial charge in [0.15, 0.2) is 0 Å². The van der Waals surface area contributed by atoms with Gasteiger partial charge in [0, 0.05) is 23.1 Å². The normalized spacial score (nSPS) is 14.0. The number of fused-ring (bicyclic) bond motifs is 1. The molecule has 0 atom stereocenters. The highest BCUT2D eigenvalue weighted by atomic mass is 35.5. The number of carbonyl (C=O) groups is 1. The van der Waals surface area contributed by atoms with Gasteiger partial charge in [-0.2, -0.15) is 0 Å². The fourth-order valence-electron chi connectivity index (χ4n) is 3.20. The smallest absolute Gasteiger partial charge is 0.340 e. The molecular formula is C22H19Cl2NO6S. The van der Waals surface area contributed by atoms with Crippen molar-refractivity contribution in [3.63, 3.8) is 0 Å². The quantitative estimate of drug-likeness (QED) is 0.398. The summed E-state index contributed by atoms with van der Waals surface area (Å²) in [5.41, 5.74) is 2.06. The summed E-state index contributed by atoms with van der Waals surface area (Å²) >= 11 is 12.2. The minimum absolute atomic E-state index is 0.0470. The first kappa shape index (κ1) is 22.8. The molecule has 0 saturated heterocycles. The second-order valence-electron chi connectivity index (χ2n) is 7.76. The van der Waals surface area contributed by atoms with Crippen LogP contribution in [0.3, 0.4) is 0 Å². The molecule has 1 fully saturated rings. The average Bonchev–Trinajstić information content (AvgIpc) is 3.50. The number of benzene rings is 2. The molecule has 1 heterocycles. The Bertz CT molecular complexity index is 1410. The molecule has 0 spiro atoms. The van der Waals surface area contributed by atoms with Crippen LogP contribution in [0.1, 0.15) is 39.9 Å². The van der Waals surface area contributed by atoms with E-state index in [4.69, 9.17) is 32.4 Å². The molecule has 1 saturated carbocycles. The van der Waals surface area contributed by atoms with Crippen molar-refractivity contribution in [3.8, 4) is 0 Å². The highest BCUT2D eigenvalue weighted by molar-refractivity contribution is 7.89. The molecular weight excluding hydrogens is 477 g/mol. The van der Waals surface area contributed by atoms with Crippen LogP contribution < -0.4 is 10.3 Å². The highest BCUT2D eigenvalue weighted by Gasteiger charge is 2.30. The first-order valence-electron chi connectivity index (χ1n) is 9.77. The van der Waals surface area contributed by atoms with Gasteiger partial charge in [0.1, 0.15) is 17.1 Å². The summed E-state index contributed by atoms with van der Waals surface area (Å²) in [7, 11) is -3.91. The number of esters is 1. The molecule has 0 aliphatic heterocycles. The lowest BCUT2D eigenvalue weighted by Gasteiger charge is -2.12. The van der Waals surface area contributed by atoms with Crippen molar-refractivity contribution >= 4 is 50.2 Å². The predicted octanol–water partition coefficient (Wildman–Crippen LogP) is 4.51. The Morgan fingerprint density at radius 2 is 1.78 bits per heavy atom. The molecule has 0 amide bonds. The molecule has 2 aromatic carbocycles. The number of halogens is 2. The lowest BCUT2D eigenvalue weighted by atomic mass is 10.0. The Balaban J connectivity index is 1.63. The van der Waals surface area contributed by atoms with Gasteiger partial charge < -0.3 is 9.15 Å². The van der Waals surface area contributed by atoms with E-state index in [0.717, 1.165) is 30.0 Å². The summed E-state index contributed by atoms with van der Waals surface area (Å²) in [6.45, 7) is 3.58. The first-order chi connectivity index (χ1) is 15.0. The third kappa shape index (κ3) is 4.68. The van der Waals surface area contributed by atoms with Gasteiger partial charge in [0.05, 0.1) is 15.6 Å². The third-order valence-electron chi connectivity index (χ3n) is 5.23. The number of aryl methyl sites for hydroxylation is 2. The lowest BCUT2D eigenvalue weighted by molar-refractivity contribution is 0.0473. The Morgan fingerprint density at radius 1 is 1.09 bits per heavy atom. The molecule has 10 heteroatoms. The van der Waals surface area contributed by atoms with Crippen molar-refractivity contribution in [3.05, 3.63) is 73.1 Å². The molecule has 1 N–H and O–H groups in total. The van der Waals surface area contributed by atoms with Gasteiger partial charge >= 0.3 is 11.6 Å². The van der Waals surface area contributed by atoms with E-state index in [1.807, 2.05) is 19.9 Å². The Hall–Kier alpha value is -2.39. The van der Waals surface area contributed by atoms with Gasteiger partial charge in [0.25, 0.3) is 0 Å². The van der Waals surface area contributed by atoms with Gasteiger partial charge in [-0.1, -0.05) is 23.2 Å². The molecule has 1 aromatic heterocycles. The van der Waals surface area contributed by atoms with Crippen LogP contribution in [0.5, 0.6) is 0 Å². The average molecular weight is 496 g/mol. The third-order valence-corrected chi connectivity index (χ3v) is 7.53. The first-order valence-corrected chi connectivity index (χ1v) is 12.0. The number of hydrogen-bond acceptors (Lipinski definition) is 6. The van der Waals surface area contributed by atoms with Crippen LogP contribution in [0.4, 0.5) is 0 Å². The van der Waals surface area contributed by atoms with Gasteiger partial charge in [-0.15, -0.1) is 0 Å². The molecule has 0 bridgehead atoms. The monoisotopic (exact) mass is 495 g/mol. The number of rotatable bonds is 6. The SMILES string of the molecule is Cc1cc2oc(=O)cc(COC(=O)c3cc(S(=O)(=O)NC4CC4)c(Cl)cc3Cl)c2cc1C. The van der Waals surface area contributed by atoms with Crippen molar-refractivity contribution in [2.45, 2.75) is 44.2 Å². The number of sulfonamides is 1. The largest absolute Gasteiger partial charge is 0.457 e. The van der Waals surface area contributed by atoms with Crippen molar-refractivity contribution < 1.29 is 22.4 Å². The second-order valence-corrected chi connectivity index (χ2v) is 10.3. The van der Waals surface area contributed by atoms with Gasteiger partial charge in [-0.05, 0) is 62.1 Å². The summed E-state index contributed by atoms with van der Waals surface area (Å²) in [6.07, 6.45) is 1.49. The Morgan fingerprint density at radius 3 is 2.47 bits per heavy atom. The summed E-state index contributed by atoms with van der Waals surface area (Å²) in [6, 6.07) is 7.01. The molecule has 7 nitrogen and oxygen atoms in total. The molecule has 1 aliphatic carbocycles. The zero-order valence-electron chi connectivity index (χ0n) is 17.2. The van der Waals surface area contributed by atoms with Crippen LogP contribution >= 0.6 is 23.2 Å². The second kappa shape index (κ2) is 8.51. The van der Waals surface area contributed by atoms with Crippen LogP contribution in [0.25, 0.3) is 11.0 Å². The maximum absolute atomic E-state index is 12.7. The minimum atomic E-state index is -3.91. The molecule has 1 aliphatic rings. The van der Waals surface area contributed by atoms with Gasteiger partial charge in [-0.25, -0.2) is 22.7 Å². The standard InChI is InChI=1S/C22H19Cl2NO6S/c1-11-5-15-13(7-21(26)31-19(15)6-12(11)2)10-30-22(27)16-8-20(18(24)9-17(16)23)32(28,29)25-14-3-4-14/h5-9,14,25H,3-4,10H2,1-2H3. The molecule has 32 heavy (non-hydrogen) atoms. The fourth-order valence-corrected chi connectivity index (χ4v) is 5.35. The van der Waals surface area contributed by atoms with E-state index in [0.29, 0.717) is 16.5 Å². The molecule has 4 rings (SSSR count). The number of nitrogens with one attached hydrogen (secondary N) is 1. The summed E-state index contributed by atoms with van der Waals surface area (Å²) in [4.78, 5) is 24.4. The van der Waals surface area contributed by atoms with Crippen molar-refractivity contribution in [2.24, 2.45) is 0 Å². The molecule has 168 valence electrons. The maximum atomic E-state index is 12.7. The Labute approximate surface area is 194 Å². The van der Waals surface area contributed by atoms with Crippen molar-refractivity contribution in [1.82, 2.24) is 4.72 Å². The highest BCUT2D eigenvalue weighted by Crippen LogP contribution is 2.31. The number of ether oxygens (including phenoxy) is 1. The van der Waals surface area contributed by atoms with Crippen LogP contribution in [0, 0.1) is 13.8 Å². The van der Waals surface area contributed by atoms with E-state index in [-0.39, 0.29) is 33.2 Å². The molecule has 3 aromatic rings. The molecule has 0 radical (unpaired) electrons. The van der Waals surface area contributed by atoms with Gasteiger partial charge in [0.2, 0.25) is 10.0 Å². The van der Waals surface area contributed by atoms with E-state index in [9.17, 15) is 18.0 Å². The maximum Gasteiger partial charge on any atom is 0.340 e. The van der Waals surface area contributed by atoms with Crippen molar-refractivity contribution in [1.29, 1.82) is 0 Å².